The van der Waals surface area contributed by atoms with Gasteiger partial charge in [0.2, 0.25) is 10.0 Å². The van der Waals surface area contributed by atoms with Gasteiger partial charge in [0, 0.05) is 38.9 Å². The smallest absolute Gasteiger partial charge is 0.248 e. The van der Waals surface area contributed by atoms with Crippen molar-refractivity contribution < 1.29 is 12.9 Å². The topological polar surface area (TPSA) is 79.5 Å². The number of pyridine rings is 1. The van der Waals surface area contributed by atoms with Crippen LogP contribution in [0.3, 0.4) is 0 Å². The minimum absolute atomic E-state index is 0.192. The molecule has 1 fully saturated rings. The van der Waals surface area contributed by atoms with Gasteiger partial charge in [-0.1, -0.05) is 22.8 Å². The number of halogens is 1. The van der Waals surface area contributed by atoms with E-state index in [4.69, 9.17) is 16.1 Å². The molecule has 130 valence electrons. The van der Waals surface area contributed by atoms with Crippen molar-refractivity contribution in [2.45, 2.75) is 25.3 Å². The lowest BCUT2D eigenvalue weighted by Crippen LogP contribution is -2.48. The molecular weight excluding hydrogens is 352 g/mol. The molecule has 9 heteroatoms. The monoisotopic (exact) mass is 370 g/mol. The second-order valence-corrected chi connectivity index (χ2v) is 8.08. The van der Waals surface area contributed by atoms with Gasteiger partial charge in [0.15, 0.2) is 5.76 Å². The van der Waals surface area contributed by atoms with Crippen molar-refractivity contribution in [3.63, 3.8) is 0 Å². The molecule has 2 aromatic rings. The molecule has 1 aliphatic heterocycles. The predicted octanol–water partition coefficient (Wildman–Crippen LogP) is 1.85. The van der Waals surface area contributed by atoms with Crippen LogP contribution in [0.2, 0.25) is 5.15 Å². The zero-order chi connectivity index (χ0) is 17.3. The Morgan fingerprint density at radius 2 is 1.92 bits per heavy atom. The molecule has 3 heterocycles. The highest BCUT2D eigenvalue weighted by Crippen LogP contribution is 2.24. The second-order valence-electron chi connectivity index (χ2n) is 5.82. The molecule has 0 aromatic carbocycles. The number of hydrogen-bond donors (Lipinski definition) is 0. The van der Waals surface area contributed by atoms with Gasteiger partial charge >= 0.3 is 0 Å². The maximum atomic E-state index is 12.8. The second kappa shape index (κ2) is 6.79. The van der Waals surface area contributed by atoms with Crippen LogP contribution in [0.1, 0.15) is 17.0 Å². The zero-order valence-corrected chi connectivity index (χ0v) is 15.1. The molecule has 24 heavy (non-hydrogen) atoms. The molecule has 0 spiro atoms. The highest BCUT2D eigenvalue weighted by Gasteiger charge is 2.33. The summed E-state index contributed by atoms with van der Waals surface area (Å²) < 4.78 is 32.0. The van der Waals surface area contributed by atoms with Crippen LogP contribution in [0.5, 0.6) is 0 Å². The Labute approximate surface area is 146 Å². The van der Waals surface area contributed by atoms with E-state index < -0.39 is 10.0 Å². The summed E-state index contributed by atoms with van der Waals surface area (Å²) in [6, 6.07) is 3.69. The largest absolute Gasteiger partial charge is 0.360 e. The Hall–Kier alpha value is -1.48. The van der Waals surface area contributed by atoms with E-state index in [2.05, 4.69) is 15.0 Å². The van der Waals surface area contributed by atoms with Gasteiger partial charge in [-0.05, 0) is 25.5 Å². The van der Waals surface area contributed by atoms with Crippen molar-refractivity contribution in [1.82, 2.24) is 19.3 Å². The predicted molar refractivity (Wildman–Crippen MR) is 89.3 cm³/mol. The number of nitrogens with zero attached hydrogens (tertiary/aromatic N) is 4. The van der Waals surface area contributed by atoms with Crippen LogP contribution in [-0.4, -0.2) is 53.9 Å². The van der Waals surface area contributed by atoms with Crippen LogP contribution in [-0.2, 0) is 16.6 Å². The maximum Gasteiger partial charge on any atom is 0.248 e. The summed E-state index contributed by atoms with van der Waals surface area (Å²) in [7, 11) is -3.56. The van der Waals surface area contributed by atoms with E-state index in [1.165, 1.54) is 4.31 Å². The van der Waals surface area contributed by atoms with E-state index >= 15 is 0 Å². The van der Waals surface area contributed by atoms with Crippen LogP contribution < -0.4 is 0 Å². The molecular formula is C15H19ClN4O3S. The van der Waals surface area contributed by atoms with Crippen LogP contribution in [0.15, 0.2) is 27.7 Å². The Bertz CT molecular complexity index is 792. The van der Waals surface area contributed by atoms with E-state index in [1.54, 1.807) is 26.1 Å². The van der Waals surface area contributed by atoms with Crippen molar-refractivity contribution in [3.8, 4) is 0 Å². The first-order valence-electron chi connectivity index (χ1n) is 7.64. The highest BCUT2D eigenvalue weighted by atomic mass is 35.5. The summed E-state index contributed by atoms with van der Waals surface area (Å²) in [5.41, 5.74) is 1.46. The first-order valence-corrected chi connectivity index (χ1v) is 9.45. The summed E-state index contributed by atoms with van der Waals surface area (Å²) in [4.78, 5) is 6.46. The number of rotatable bonds is 4. The van der Waals surface area contributed by atoms with Crippen LogP contribution >= 0.6 is 11.6 Å². The Morgan fingerprint density at radius 1 is 1.21 bits per heavy atom. The summed E-state index contributed by atoms with van der Waals surface area (Å²) >= 11 is 5.79. The van der Waals surface area contributed by atoms with E-state index in [-0.39, 0.29) is 4.90 Å². The Morgan fingerprint density at radius 3 is 2.46 bits per heavy atom. The fourth-order valence-electron chi connectivity index (χ4n) is 2.86. The van der Waals surface area contributed by atoms with E-state index in [1.807, 2.05) is 6.07 Å². The number of sulfonamides is 1. The number of aromatic nitrogens is 2. The minimum atomic E-state index is -3.56. The molecule has 0 amide bonds. The normalized spacial score (nSPS) is 17.3. The van der Waals surface area contributed by atoms with Crippen molar-refractivity contribution in [2.24, 2.45) is 0 Å². The van der Waals surface area contributed by atoms with Gasteiger partial charge in [-0.15, -0.1) is 0 Å². The Balaban J connectivity index is 1.65. The van der Waals surface area contributed by atoms with Crippen molar-refractivity contribution in [3.05, 3.63) is 40.5 Å². The van der Waals surface area contributed by atoms with Crippen molar-refractivity contribution in [2.75, 3.05) is 26.2 Å². The third kappa shape index (κ3) is 3.46. The lowest BCUT2D eigenvalue weighted by Gasteiger charge is -2.33. The summed E-state index contributed by atoms with van der Waals surface area (Å²) in [6.07, 6.45) is 1.75. The van der Waals surface area contributed by atoms with Crippen LogP contribution in [0.4, 0.5) is 0 Å². The van der Waals surface area contributed by atoms with Crippen LogP contribution in [0.25, 0.3) is 0 Å². The van der Waals surface area contributed by atoms with Gasteiger partial charge in [0.1, 0.15) is 15.7 Å². The molecule has 0 atom stereocenters. The van der Waals surface area contributed by atoms with E-state index in [9.17, 15) is 8.42 Å². The van der Waals surface area contributed by atoms with Gasteiger partial charge in [0.25, 0.3) is 0 Å². The fraction of sp³-hybridized carbons (Fsp3) is 0.467. The molecule has 3 rings (SSSR count). The van der Waals surface area contributed by atoms with Gasteiger partial charge in [0.05, 0.1) is 0 Å². The summed E-state index contributed by atoms with van der Waals surface area (Å²) in [5, 5.41) is 4.21. The molecule has 0 radical (unpaired) electrons. The highest BCUT2D eigenvalue weighted by molar-refractivity contribution is 7.89. The average Bonchev–Trinajstić information content (AvgIpc) is 2.89. The fourth-order valence-corrected chi connectivity index (χ4v) is 4.68. The molecule has 0 aliphatic carbocycles. The third-order valence-corrected chi connectivity index (χ3v) is 6.46. The minimum Gasteiger partial charge on any atom is -0.360 e. The molecule has 0 saturated carbocycles. The van der Waals surface area contributed by atoms with Crippen molar-refractivity contribution in [1.29, 1.82) is 0 Å². The Kier molecular flexibility index (Phi) is 4.91. The number of piperazine rings is 1. The summed E-state index contributed by atoms with van der Waals surface area (Å²) in [5.74, 6) is 0.335. The molecule has 1 saturated heterocycles. The van der Waals surface area contributed by atoms with E-state index in [0.717, 1.165) is 12.1 Å². The first-order chi connectivity index (χ1) is 11.4. The van der Waals surface area contributed by atoms with Gasteiger partial charge < -0.3 is 4.52 Å². The SMILES string of the molecule is Cc1noc(C)c1S(=O)(=O)N1CCN(Cc2ccc(Cl)nc2)CC1. The van der Waals surface area contributed by atoms with Gasteiger partial charge in [-0.3, -0.25) is 4.90 Å². The molecule has 2 aromatic heterocycles. The van der Waals surface area contributed by atoms with Crippen molar-refractivity contribution >= 4 is 21.6 Å². The van der Waals surface area contributed by atoms with Crippen LogP contribution in [0, 0.1) is 13.8 Å². The standard InChI is InChI=1S/C15H19ClN4O3S/c1-11-15(12(2)23-18-11)24(21,22)20-7-5-19(6-8-20)10-13-3-4-14(16)17-9-13/h3-4,9H,5-8,10H2,1-2H3. The van der Waals surface area contributed by atoms with E-state index in [0.29, 0.717) is 42.8 Å². The lowest BCUT2D eigenvalue weighted by molar-refractivity contribution is 0.181. The number of hydrogen-bond acceptors (Lipinski definition) is 6. The first kappa shape index (κ1) is 17.3. The quantitative estimate of drug-likeness (QED) is 0.764. The molecule has 7 nitrogen and oxygen atoms in total. The van der Waals surface area contributed by atoms with Gasteiger partial charge in [-0.2, -0.15) is 4.31 Å². The lowest BCUT2D eigenvalue weighted by atomic mass is 10.2. The molecule has 1 aliphatic rings. The third-order valence-electron chi connectivity index (χ3n) is 4.09. The zero-order valence-electron chi connectivity index (χ0n) is 13.6. The molecule has 0 unspecified atom stereocenters. The maximum absolute atomic E-state index is 12.8. The molecule has 0 bridgehead atoms. The molecule has 0 N–H and O–H groups in total. The summed E-state index contributed by atoms with van der Waals surface area (Å²) in [6.45, 7) is 6.19. The average molecular weight is 371 g/mol. The number of aryl methyl sites for hydroxylation is 2. The van der Waals surface area contributed by atoms with Gasteiger partial charge in [-0.25, -0.2) is 13.4 Å².